The van der Waals surface area contributed by atoms with Crippen LogP contribution in [0.4, 0.5) is 0 Å². The Morgan fingerprint density at radius 1 is 1.50 bits per heavy atom. The molecule has 1 fully saturated rings. The van der Waals surface area contributed by atoms with E-state index in [1.807, 2.05) is 0 Å². The number of hydrogen-bond acceptors (Lipinski definition) is 3. The van der Waals surface area contributed by atoms with E-state index in [2.05, 4.69) is 23.5 Å². The van der Waals surface area contributed by atoms with Gasteiger partial charge in [-0.15, -0.1) is 11.7 Å². The first-order chi connectivity index (χ1) is 4.83. The molecule has 0 radical (unpaired) electrons. The molecule has 1 nitrogen and oxygen atoms in total. The first-order valence-electron chi connectivity index (χ1n) is 3.85. The van der Waals surface area contributed by atoms with Crippen molar-refractivity contribution < 1.29 is 0 Å². The number of likely N-dealkylation sites (tertiary alicyclic amines) is 1. The van der Waals surface area contributed by atoms with Gasteiger partial charge in [0, 0.05) is 11.8 Å². The average Bonchev–Trinajstić information content (AvgIpc) is 2.40. The minimum absolute atomic E-state index is 0.682. The van der Waals surface area contributed by atoms with E-state index in [-0.39, 0.29) is 0 Å². The van der Waals surface area contributed by atoms with Crippen LogP contribution in [0, 0.1) is 0 Å². The standard InChI is InChI=1S/C7H15NS2/c1-7(10-9)6-8-4-2-3-5-8/h7,9H,2-6H2,1H3. The maximum atomic E-state index is 4.18. The average molecular weight is 177 g/mol. The number of hydrogen-bond donors (Lipinski definition) is 1. The van der Waals surface area contributed by atoms with Gasteiger partial charge in [0.25, 0.3) is 0 Å². The van der Waals surface area contributed by atoms with Crippen molar-refractivity contribution in [2.24, 2.45) is 0 Å². The van der Waals surface area contributed by atoms with Gasteiger partial charge in [-0.25, -0.2) is 0 Å². The second-order valence-corrected chi connectivity index (χ2v) is 4.57. The molecule has 1 aliphatic rings. The highest BCUT2D eigenvalue weighted by Gasteiger charge is 2.13. The van der Waals surface area contributed by atoms with E-state index < -0.39 is 0 Å². The number of rotatable bonds is 3. The third-order valence-corrected chi connectivity index (χ3v) is 3.48. The van der Waals surface area contributed by atoms with Gasteiger partial charge in [0.2, 0.25) is 0 Å². The van der Waals surface area contributed by atoms with Gasteiger partial charge >= 0.3 is 0 Å². The monoisotopic (exact) mass is 177 g/mol. The fourth-order valence-corrected chi connectivity index (χ4v) is 1.84. The Hall–Kier alpha value is 0.660. The molecule has 1 saturated heterocycles. The lowest BCUT2D eigenvalue weighted by molar-refractivity contribution is 0.344. The van der Waals surface area contributed by atoms with Crippen LogP contribution in [0.15, 0.2) is 0 Å². The highest BCUT2D eigenvalue weighted by Crippen LogP contribution is 2.17. The summed E-state index contributed by atoms with van der Waals surface area (Å²) in [6, 6.07) is 0. The fourth-order valence-electron chi connectivity index (χ4n) is 1.36. The zero-order chi connectivity index (χ0) is 7.40. The first kappa shape index (κ1) is 8.75. The summed E-state index contributed by atoms with van der Waals surface area (Å²) >= 11 is 4.18. The van der Waals surface area contributed by atoms with Gasteiger partial charge in [0.05, 0.1) is 0 Å². The van der Waals surface area contributed by atoms with Crippen molar-refractivity contribution in [2.75, 3.05) is 19.6 Å². The molecule has 60 valence electrons. The molecule has 1 heterocycles. The molecule has 10 heavy (non-hydrogen) atoms. The minimum atomic E-state index is 0.682. The van der Waals surface area contributed by atoms with E-state index in [9.17, 15) is 0 Å². The van der Waals surface area contributed by atoms with Crippen LogP contribution in [0.5, 0.6) is 0 Å². The summed E-state index contributed by atoms with van der Waals surface area (Å²) < 4.78 is 0. The molecule has 1 aliphatic heterocycles. The van der Waals surface area contributed by atoms with E-state index in [0.717, 1.165) is 0 Å². The van der Waals surface area contributed by atoms with Crippen LogP contribution < -0.4 is 0 Å². The van der Waals surface area contributed by atoms with Crippen LogP contribution in [0.3, 0.4) is 0 Å². The molecular formula is C7H15NS2. The van der Waals surface area contributed by atoms with Crippen LogP contribution >= 0.6 is 22.5 Å². The molecule has 1 rings (SSSR count). The maximum Gasteiger partial charge on any atom is 0.0248 e. The van der Waals surface area contributed by atoms with E-state index in [1.165, 1.54) is 32.5 Å². The van der Waals surface area contributed by atoms with E-state index in [1.54, 1.807) is 10.8 Å². The SMILES string of the molecule is CC(CN1CCCC1)SS. The van der Waals surface area contributed by atoms with Gasteiger partial charge in [-0.05, 0) is 25.9 Å². The Labute approximate surface area is 72.4 Å². The quantitative estimate of drug-likeness (QED) is 0.519. The Morgan fingerprint density at radius 3 is 2.60 bits per heavy atom. The molecule has 0 amide bonds. The van der Waals surface area contributed by atoms with Crippen LogP contribution in [-0.4, -0.2) is 29.8 Å². The van der Waals surface area contributed by atoms with Crippen molar-refractivity contribution >= 4 is 22.5 Å². The largest absolute Gasteiger partial charge is 0.302 e. The molecule has 0 aliphatic carbocycles. The third kappa shape index (κ3) is 2.72. The summed E-state index contributed by atoms with van der Waals surface area (Å²) in [5.41, 5.74) is 0. The molecule has 0 aromatic heterocycles. The van der Waals surface area contributed by atoms with Crippen molar-refractivity contribution in [1.29, 1.82) is 0 Å². The Morgan fingerprint density at radius 2 is 2.10 bits per heavy atom. The first-order valence-corrected chi connectivity index (χ1v) is 5.78. The van der Waals surface area contributed by atoms with Crippen LogP contribution in [0.1, 0.15) is 19.8 Å². The minimum Gasteiger partial charge on any atom is -0.302 e. The molecule has 0 spiro atoms. The zero-order valence-corrected chi connectivity index (χ0v) is 8.13. The number of thiol groups is 1. The van der Waals surface area contributed by atoms with Gasteiger partial charge in [-0.1, -0.05) is 17.7 Å². The summed E-state index contributed by atoms with van der Waals surface area (Å²) in [4.78, 5) is 2.52. The van der Waals surface area contributed by atoms with Crippen molar-refractivity contribution in [3.8, 4) is 0 Å². The normalized spacial score (nSPS) is 23.4. The lowest BCUT2D eigenvalue weighted by atomic mass is 10.4. The maximum absolute atomic E-state index is 4.18. The Balaban J connectivity index is 2.11. The van der Waals surface area contributed by atoms with Crippen molar-refractivity contribution in [3.63, 3.8) is 0 Å². The van der Waals surface area contributed by atoms with Crippen molar-refractivity contribution in [2.45, 2.75) is 25.0 Å². The molecule has 1 atom stereocenters. The summed E-state index contributed by atoms with van der Waals surface area (Å²) in [6.45, 7) is 6.06. The van der Waals surface area contributed by atoms with Gasteiger partial charge in [0.1, 0.15) is 0 Å². The van der Waals surface area contributed by atoms with Crippen molar-refractivity contribution in [3.05, 3.63) is 0 Å². The van der Waals surface area contributed by atoms with E-state index in [0.29, 0.717) is 5.25 Å². The summed E-state index contributed by atoms with van der Waals surface area (Å²) in [5.74, 6) is 0. The molecular weight excluding hydrogens is 162 g/mol. The lowest BCUT2D eigenvalue weighted by Crippen LogP contribution is -2.26. The van der Waals surface area contributed by atoms with Gasteiger partial charge < -0.3 is 4.90 Å². The fraction of sp³-hybridized carbons (Fsp3) is 1.00. The summed E-state index contributed by atoms with van der Waals surface area (Å²) in [5, 5.41) is 0.682. The molecule has 0 aromatic carbocycles. The molecule has 0 aromatic rings. The highest BCUT2D eigenvalue weighted by molar-refractivity contribution is 8.68. The van der Waals surface area contributed by atoms with Gasteiger partial charge in [0.15, 0.2) is 0 Å². The molecule has 3 heteroatoms. The molecule has 0 bridgehead atoms. The Kier molecular flexibility index (Phi) is 3.96. The summed E-state index contributed by atoms with van der Waals surface area (Å²) in [6.07, 6.45) is 2.79. The summed E-state index contributed by atoms with van der Waals surface area (Å²) in [7, 11) is 1.66. The second kappa shape index (κ2) is 4.52. The lowest BCUT2D eigenvalue weighted by Gasteiger charge is -2.17. The van der Waals surface area contributed by atoms with E-state index >= 15 is 0 Å². The molecule has 1 unspecified atom stereocenters. The van der Waals surface area contributed by atoms with Crippen molar-refractivity contribution in [1.82, 2.24) is 4.90 Å². The smallest absolute Gasteiger partial charge is 0.0248 e. The molecule has 0 saturated carbocycles. The van der Waals surface area contributed by atoms with Crippen LogP contribution in [-0.2, 0) is 0 Å². The highest BCUT2D eigenvalue weighted by atomic mass is 33.1. The zero-order valence-electron chi connectivity index (χ0n) is 6.42. The van der Waals surface area contributed by atoms with Gasteiger partial charge in [-0.2, -0.15) is 0 Å². The van der Waals surface area contributed by atoms with E-state index in [4.69, 9.17) is 0 Å². The predicted molar refractivity (Wildman–Crippen MR) is 51.7 cm³/mol. The van der Waals surface area contributed by atoms with Crippen LogP contribution in [0.2, 0.25) is 0 Å². The second-order valence-electron chi connectivity index (χ2n) is 2.92. The Bertz CT molecular complexity index is 91.6. The predicted octanol–water partition coefficient (Wildman–Crippen LogP) is 2.05. The number of nitrogens with zero attached hydrogens (tertiary/aromatic N) is 1. The molecule has 0 N–H and O–H groups in total. The topological polar surface area (TPSA) is 3.24 Å². The third-order valence-electron chi connectivity index (χ3n) is 1.89. The van der Waals surface area contributed by atoms with Crippen LogP contribution in [0.25, 0.3) is 0 Å². The van der Waals surface area contributed by atoms with Gasteiger partial charge in [-0.3, -0.25) is 0 Å².